The molecule has 0 aliphatic carbocycles. The SMILES string of the molecule is CC[C@H](C)[C@@H]1NC(=O)CNC(=O)[C@H]2Cc3c([nH]c4cc(O)ccc34)[S@](=O)C[C@@H](NC(=O)CNC1=O)C(=O)N[C@H](CC(N)=O)C(=O)N1C[C@H](O)C[C@@H]1C(=O)N[C@H]([C@](C)(O)CCO)C(=O)N2. The second-order valence-electron chi connectivity index (χ2n) is 16.3. The first-order chi connectivity index (χ1) is 30.1. The highest BCUT2D eigenvalue weighted by Crippen LogP contribution is 2.30. The van der Waals surface area contributed by atoms with Crippen LogP contribution in [-0.4, -0.2) is 168 Å². The number of aromatic nitrogens is 1. The van der Waals surface area contributed by atoms with Crippen LogP contribution in [0.15, 0.2) is 23.2 Å². The molecule has 1 saturated heterocycles. The molecule has 10 atom stereocenters. The molecule has 3 aliphatic rings. The summed E-state index contributed by atoms with van der Waals surface area (Å²) in [5, 5.41) is 59.4. The Balaban J connectivity index is 1.74. The summed E-state index contributed by atoms with van der Waals surface area (Å²) in [6, 6.07) is -6.33. The molecular weight excluding hydrogens is 865 g/mol. The number of amides is 9. The Labute approximate surface area is 368 Å². The second kappa shape index (κ2) is 20.5. The lowest BCUT2D eigenvalue weighted by molar-refractivity contribution is -0.145. The minimum atomic E-state index is -2.39. The minimum Gasteiger partial charge on any atom is -0.508 e. The van der Waals surface area contributed by atoms with E-state index in [1.54, 1.807) is 13.8 Å². The number of fused-ring (bicyclic) bond motifs is 5. The van der Waals surface area contributed by atoms with Crippen LogP contribution in [0.5, 0.6) is 5.75 Å². The van der Waals surface area contributed by atoms with Crippen molar-refractivity contribution in [2.24, 2.45) is 11.7 Å². The Morgan fingerprint density at radius 2 is 1.59 bits per heavy atom. The van der Waals surface area contributed by atoms with Gasteiger partial charge in [-0.3, -0.25) is 47.4 Å². The van der Waals surface area contributed by atoms with Crippen LogP contribution in [0.1, 0.15) is 52.0 Å². The van der Waals surface area contributed by atoms with Crippen LogP contribution < -0.4 is 43.0 Å². The van der Waals surface area contributed by atoms with Crippen LogP contribution in [0.3, 0.4) is 0 Å². The third-order valence-electron chi connectivity index (χ3n) is 11.4. The number of aliphatic hydroxyl groups excluding tert-OH is 2. The Morgan fingerprint density at radius 1 is 0.922 bits per heavy atom. The fourth-order valence-corrected chi connectivity index (χ4v) is 9.13. The van der Waals surface area contributed by atoms with Crippen molar-refractivity contribution in [3.8, 4) is 5.75 Å². The van der Waals surface area contributed by atoms with Gasteiger partial charge in [-0.15, -0.1) is 0 Å². The number of phenolic OH excluding ortho intramolecular Hbond substituents is 1. The predicted molar refractivity (Wildman–Crippen MR) is 222 cm³/mol. The van der Waals surface area contributed by atoms with Gasteiger partial charge in [0.05, 0.1) is 53.3 Å². The van der Waals surface area contributed by atoms with Crippen molar-refractivity contribution in [2.75, 3.05) is 32.0 Å². The fraction of sp³-hybridized carbons (Fsp3) is 0.564. The molecule has 350 valence electrons. The number of aromatic amines is 1. The van der Waals surface area contributed by atoms with E-state index in [1.165, 1.54) is 18.2 Å². The summed E-state index contributed by atoms with van der Waals surface area (Å²) in [5.41, 5.74) is 3.43. The predicted octanol–water partition coefficient (Wildman–Crippen LogP) is -5.78. The number of phenols is 1. The first-order valence-corrected chi connectivity index (χ1v) is 21.8. The van der Waals surface area contributed by atoms with Gasteiger partial charge in [-0.2, -0.15) is 0 Å². The largest absolute Gasteiger partial charge is 0.508 e. The molecule has 1 aromatic carbocycles. The van der Waals surface area contributed by atoms with E-state index in [4.69, 9.17) is 5.73 Å². The first-order valence-electron chi connectivity index (χ1n) is 20.5. The quantitative estimate of drug-likeness (QED) is 0.123. The van der Waals surface area contributed by atoms with Gasteiger partial charge in [0.15, 0.2) is 0 Å². The summed E-state index contributed by atoms with van der Waals surface area (Å²) in [6.07, 6.45) is -3.37. The lowest BCUT2D eigenvalue weighted by Gasteiger charge is -2.35. The number of nitrogens with two attached hydrogens (primary N) is 1. The number of hydrogen-bond donors (Lipinski definition) is 13. The monoisotopic (exact) mass is 918 g/mol. The molecule has 0 radical (unpaired) electrons. The molecule has 64 heavy (non-hydrogen) atoms. The Kier molecular flexibility index (Phi) is 15.7. The van der Waals surface area contributed by atoms with Gasteiger partial charge in [0.25, 0.3) is 0 Å². The Hall–Kier alpha value is -6.18. The number of nitrogens with zero attached hydrogens (tertiary/aromatic N) is 1. The summed E-state index contributed by atoms with van der Waals surface area (Å²) in [5.74, 6) is -11.0. The summed E-state index contributed by atoms with van der Waals surface area (Å²) in [6.45, 7) is 1.71. The van der Waals surface area contributed by atoms with Crippen molar-refractivity contribution in [1.82, 2.24) is 47.1 Å². The molecule has 0 saturated carbocycles. The van der Waals surface area contributed by atoms with Gasteiger partial charge in [-0.25, -0.2) is 0 Å². The van der Waals surface area contributed by atoms with E-state index in [0.717, 1.165) is 11.8 Å². The lowest BCUT2D eigenvalue weighted by atomic mass is 9.91. The number of aromatic hydroxyl groups is 1. The van der Waals surface area contributed by atoms with Gasteiger partial charge in [-0.1, -0.05) is 20.3 Å². The number of nitrogens with one attached hydrogen (secondary N) is 8. The van der Waals surface area contributed by atoms with Crippen LogP contribution in [0.25, 0.3) is 10.9 Å². The number of benzene rings is 1. The molecule has 4 heterocycles. The first kappa shape index (κ1) is 48.8. The zero-order valence-electron chi connectivity index (χ0n) is 35.2. The maximum atomic E-state index is 14.6. The van der Waals surface area contributed by atoms with Crippen molar-refractivity contribution in [1.29, 1.82) is 0 Å². The van der Waals surface area contributed by atoms with Crippen LogP contribution >= 0.6 is 0 Å². The third-order valence-corrected chi connectivity index (χ3v) is 12.9. The smallest absolute Gasteiger partial charge is 0.246 e. The number of primary amides is 1. The Bertz CT molecular complexity index is 2220. The number of carbonyl (C=O) groups is 9. The second-order valence-corrected chi connectivity index (χ2v) is 17.8. The minimum absolute atomic E-state index is 0.0649. The van der Waals surface area contributed by atoms with Gasteiger partial charge >= 0.3 is 0 Å². The summed E-state index contributed by atoms with van der Waals surface area (Å²) in [4.78, 5) is 127. The molecule has 3 aliphatic heterocycles. The molecule has 2 bridgehead atoms. The Morgan fingerprint density at radius 3 is 2.25 bits per heavy atom. The van der Waals surface area contributed by atoms with Gasteiger partial charge < -0.3 is 73.3 Å². The van der Waals surface area contributed by atoms with E-state index in [2.05, 4.69) is 42.2 Å². The molecule has 1 aromatic heterocycles. The van der Waals surface area contributed by atoms with Gasteiger partial charge in [0, 0.05) is 43.9 Å². The van der Waals surface area contributed by atoms with E-state index in [-0.39, 0.29) is 27.2 Å². The summed E-state index contributed by atoms with van der Waals surface area (Å²) >= 11 is 0. The molecule has 0 spiro atoms. The van der Waals surface area contributed by atoms with Gasteiger partial charge in [-0.05, 0) is 30.5 Å². The molecule has 1 fully saturated rings. The van der Waals surface area contributed by atoms with Crippen molar-refractivity contribution in [2.45, 2.75) is 106 Å². The average Bonchev–Trinajstić information content (AvgIpc) is 3.80. The molecule has 25 heteroatoms. The van der Waals surface area contributed by atoms with E-state index >= 15 is 0 Å². The molecule has 14 N–H and O–H groups in total. The average molecular weight is 919 g/mol. The fourth-order valence-electron chi connectivity index (χ4n) is 7.73. The van der Waals surface area contributed by atoms with Crippen LogP contribution in [0.2, 0.25) is 0 Å². The van der Waals surface area contributed by atoms with Gasteiger partial charge in [0.1, 0.15) is 47.0 Å². The zero-order valence-corrected chi connectivity index (χ0v) is 36.0. The highest BCUT2D eigenvalue weighted by molar-refractivity contribution is 7.85. The third kappa shape index (κ3) is 11.5. The maximum Gasteiger partial charge on any atom is 0.246 e. The maximum absolute atomic E-state index is 14.6. The van der Waals surface area contributed by atoms with Crippen LogP contribution in [0, 0.1) is 5.92 Å². The molecule has 9 amide bonds. The van der Waals surface area contributed by atoms with Crippen LogP contribution in [-0.2, 0) is 60.4 Å². The van der Waals surface area contributed by atoms with Crippen molar-refractivity contribution < 1.29 is 67.8 Å². The molecule has 0 unspecified atom stereocenters. The summed E-state index contributed by atoms with van der Waals surface area (Å²) in [7, 11) is -2.39. The normalized spacial score (nSPS) is 28.5. The van der Waals surface area contributed by atoms with E-state index in [1.807, 2.05) is 0 Å². The van der Waals surface area contributed by atoms with E-state index < -0.39 is 176 Å². The standard InChI is InChI=1S/C39H54N10O14S/c1-4-17(2)30-35(59)42-13-28(54)43-25-16-64(63)37-21(20-6-5-18(51)9-22(20)46-37)11-23(32(56)41-14-29(55)47-30)44-36(60)31(39(3,62)7-8-50)48-34(58)26-10-19(52)15-49(26)38(61)24(12-27(40)53)45-33(25)57/h5-6,9,17,19,23-26,30-31,46,50-52,62H,4,7-8,10-16H2,1-3H3,(H2,40,53)(H,41,56)(H,42,59)(H,43,54)(H,44,60)(H,45,57)(H,47,55)(H,48,58)/t17-,19+,23+,24+,25+,26+,30-,31-,39+,64+/m0/s1. The van der Waals surface area contributed by atoms with E-state index in [0.29, 0.717) is 6.42 Å². The topological polar surface area (TPSA) is 381 Å². The van der Waals surface area contributed by atoms with Crippen molar-refractivity contribution in [3.63, 3.8) is 0 Å². The van der Waals surface area contributed by atoms with Crippen molar-refractivity contribution >= 4 is 74.9 Å². The molecule has 5 rings (SSSR count). The number of H-pyrrole nitrogens is 1. The zero-order chi connectivity index (χ0) is 47.2. The van der Waals surface area contributed by atoms with Crippen molar-refractivity contribution in [3.05, 3.63) is 23.8 Å². The number of rotatable bonds is 7. The number of hydrogen-bond acceptors (Lipinski definition) is 14. The van der Waals surface area contributed by atoms with Gasteiger partial charge in [0.2, 0.25) is 53.2 Å². The summed E-state index contributed by atoms with van der Waals surface area (Å²) < 4.78 is 14.6. The highest BCUT2D eigenvalue weighted by Gasteiger charge is 2.46. The molecular formula is C39H54N10O14S. The van der Waals surface area contributed by atoms with E-state index in [9.17, 15) is 67.8 Å². The number of carbonyl (C=O) groups excluding carboxylic acids is 9. The highest BCUT2D eigenvalue weighted by atomic mass is 32.2. The number of aliphatic hydroxyl groups is 3. The lowest BCUT2D eigenvalue weighted by Crippen LogP contribution is -2.64. The molecule has 24 nitrogen and oxygen atoms in total. The molecule has 2 aromatic rings. The van der Waals surface area contributed by atoms with Crippen LogP contribution in [0.4, 0.5) is 0 Å².